The number of amides is 2. The summed E-state index contributed by atoms with van der Waals surface area (Å²) in [5, 5.41) is 6.03. The Labute approximate surface area is 140 Å². The fourth-order valence-electron chi connectivity index (χ4n) is 3.23. The van der Waals surface area contributed by atoms with E-state index in [-0.39, 0.29) is 11.8 Å². The van der Waals surface area contributed by atoms with Crippen molar-refractivity contribution in [2.45, 2.75) is 13.3 Å². The molecular formula is C19H17N3O2. The zero-order chi connectivity index (χ0) is 16.7. The number of nitrogens with zero attached hydrogens (tertiary/aromatic N) is 1. The number of carbonyl (C=O) groups is 2. The van der Waals surface area contributed by atoms with Gasteiger partial charge in [-0.25, -0.2) is 0 Å². The van der Waals surface area contributed by atoms with Crippen LogP contribution in [0, 0.1) is 0 Å². The zero-order valence-electron chi connectivity index (χ0n) is 13.3. The van der Waals surface area contributed by atoms with Crippen LogP contribution in [0.1, 0.15) is 18.1 Å². The first-order valence-corrected chi connectivity index (χ1v) is 7.92. The number of nitrogens with one attached hydrogen (secondary N) is 2. The smallest absolute Gasteiger partial charge is 0.257 e. The molecule has 0 atom stereocenters. The van der Waals surface area contributed by atoms with Crippen LogP contribution in [-0.2, 0) is 16.0 Å². The molecule has 5 nitrogen and oxygen atoms in total. The molecule has 0 radical (unpaired) electrons. The molecule has 2 heterocycles. The van der Waals surface area contributed by atoms with Gasteiger partial charge in [0.15, 0.2) is 0 Å². The fraction of sp³-hybridized carbons (Fsp3) is 0.158. The average molecular weight is 319 g/mol. The van der Waals surface area contributed by atoms with E-state index < -0.39 is 0 Å². The Morgan fingerprint density at radius 2 is 2.08 bits per heavy atom. The second kappa shape index (κ2) is 5.53. The molecule has 5 heteroatoms. The molecule has 0 spiro atoms. The molecule has 2 aliphatic rings. The van der Waals surface area contributed by atoms with Crippen molar-refractivity contribution in [2.75, 3.05) is 22.1 Å². The molecule has 4 rings (SSSR count). The topological polar surface area (TPSA) is 61.4 Å². The van der Waals surface area contributed by atoms with E-state index in [4.69, 9.17) is 0 Å². The predicted molar refractivity (Wildman–Crippen MR) is 94.8 cm³/mol. The highest BCUT2D eigenvalue weighted by Crippen LogP contribution is 2.33. The van der Waals surface area contributed by atoms with Crippen LogP contribution in [0.15, 0.2) is 48.7 Å². The van der Waals surface area contributed by atoms with Crippen molar-refractivity contribution in [3.8, 4) is 0 Å². The van der Waals surface area contributed by atoms with Gasteiger partial charge in [-0.1, -0.05) is 24.3 Å². The van der Waals surface area contributed by atoms with Gasteiger partial charge in [-0.05, 0) is 30.2 Å². The van der Waals surface area contributed by atoms with Crippen molar-refractivity contribution >= 4 is 34.4 Å². The molecule has 0 bridgehead atoms. The van der Waals surface area contributed by atoms with Gasteiger partial charge in [-0.2, -0.15) is 0 Å². The van der Waals surface area contributed by atoms with Crippen molar-refractivity contribution in [3.05, 3.63) is 59.8 Å². The lowest BCUT2D eigenvalue weighted by molar-refractivity contribution is -0.116. The molecule has 2 aromatic carbocycles. The summed E-state index contributed by atoms with van der Waals surface area (Å²) in [5.74, 6) is -0.0661. The van der Waals surface area contributed by atoms with Crippen molar-refractivity contribution in [1.82, 2.24) is 0 Å². The monoisotopic (exact) mass is 319 g/mol. The van der Waals surface area contributed by atoms with E-state index in [2.05, 4.69) is 10.6 Å². The minimum atomic E-state index is -0.116. The maximum absolute atomic E-state index is 12.1. The molecule has 0 fully saturated rings. The Kier molecular flexibility index (Phi) is 3.34. The number of anilines is 3. The van der Waals surface area contributed by atoms with Gasteiger partial charge in [0.05, 0.1) is 5.57 Å². The number of hydrogen-bond donors (Lipinski definition) is 2. The summed E-state index contributed by atoms with van der Waals surface area (Å²) in [6, 6.07) is 13.6. The average Bonchev–Trinajstić information content (AvgIpc) is 3.12. The lowest BCUT2D eigenvalue weighted by Gasteiger charge is -2.15. The van der Waals surface area contributed by atoms with Gasteiger partial charge in [0.1, 0.15) is 0 Å². The Morgan fingerprint density at radius 1 is 1.25 bits per heavy atom. The van der Waals surface area contributed by atoms with E-state index >= 15 is 0 Å². The van der Waals surface area contributed by atoms with Gasteiger partial charge >= 0.3 is 0 Å². The third kappa shape index (κ3) is 2.34. The summed E-state index contributed by atoms with van der Waals surface area (Å²) in [6.45, 7) is 2.31. The lowest BCUT2D eigenvalue weighted by Crippen LogP contribution is -2.25. The second-order valence-corrected chi connectivity index (χ2v) is 5.97. The largest absolute Gasteiger partial charge is 0.361 e. The summed E-state index contributed by atoms with van der Waals surface area (Å²) < 4.78 is 0. The summed E-state index contributed by atoms with van der Waals surface area (Å²) in [7, 11) is 0. The van der Waals surface area contributed by atoms with Crippen LogP contribution in [0.25, 0.3) is 5.57 Å². The third-order valence-corrected chi connectivity index (χ3v) is 4.45. The van der Waals surface area contributed by atoms with E-state index in [1.807, 2.05) is 42.5 Å². The first kappa shape index (κ1) is 14.5. The quantitative estimate of drug-likeness (QED) is 0.837. The van der Waals surface area contributed by atoms with Crippen LogP contribution >= 0.6 is 0 Å². The van der Waals surface area contributed by atoms with Crippen LogP contribution in [0.3, 0.4) is 0 Å². The van der Waals surface area contributed by atoms with Crippen LogP contribution in [0.2, 0.25) is 0 Å². The standard InChI is InChI=1S/C19H17N3O2/c1-12(23)22-9-8-13-6-7-14(10-18(13)22)20-11-16-15-4-2-3-5-17(15)21-19(16)24/h2-7,10-11,20H,8-9H2,1H3,(H,21,24). The Hall–Kier alpha value is -3.08. The van der Waals surface area contributed by atoms with Crippen molar-refractivity contribution in [1.29, 1.82) is 0 Å². The summed E-state index contributed by atoms with van der Waals surface area (Å²) in [4.78, 5) is 25.6. The van der Waals surface area contributed by atoms with Crippen LogP contribution in [-0.4, -0.2) is 18.4 Å². The Bertz CT molecular complexity index is 886. The molecule has 2 amide bonds. The molecule has 2 aliphatic heterocycles. The van der Waals surface area contributed by atoms with Crippen LogP contribution in [0.5, 0.6) is 0 Å². The highest BCUT2D eigenvalue weighted by molar-refractivity contribution is 6.31. The van der Waals surface area contributed by atoms with Crippen LogP contribution < -0.4 is 15.5 Å². The number of fused-ring (bicyclic) bond motifs is 2. The van der Waals surface area contributed by atoms with Gasteiger partial charge in [0.25, 0.3) is 5.91 Å². The number of para-hydroxylation sites is 1. The molecule has 2 N–H and O–H groups in total. The lowest BCUT2D eigenvalue weighted by atomic mass is 10.1. The summed E-state index contributed by atoms with van der Waals surface area (Å²) >= 11 is 0. The number of hydrogen-bond acceptors (Lipinski definition) is 3. The number of carbonyl (C=O) groups excluding carboxylic acids is 2. The van der Waals surface area contributed by atoms with E-state index in [1.165, 1.54) is 5.56 Å². The van der Waals surface area contributed by atoms with Crippen molar-refractivity contribution in [2.24, 2.45) is 0 Å². The van der Waals surface area contributed by atoms with Gasteiger partial charge in [0.2, 0.25) is 5.91 Å². The maximum Gasteiger partial charge on any atom is 0.257 e. The highest BCUT2D eigenvalue weighted by Gasteiger charge is 2.24. The van der Waals surface area contributed by atoms with E-state index in [0.717, 1.165) is 35.6 Å². The molecule has 0 unspecified atom stereocenters. The highest BCUT2D eigenvalue weighted by atomic mass is 16.2. The van der Waals surface area contributed by atoms with E-state index in [9.17, 15) is 9.59 Å². The predicted octanol–water partition coefficient (Wildman–Crippen LogP) is 3.00. The first-order chi connectivity index (χ1) is 11.6. The molecule has 0 saturated heterocycles. The van der Waals surface area contributed by atoms with E-state index in [1.54, 1.807) is 18.0 Å². The molecule has 2 aromatic rings. The van der Waals surface area contributed by atoms with Crippen molar-refractivity contribution in [3.63, 3.8) is 0 Å². The summed E-state index contributed by atoms with van der Waals surface area (Å²) in [5.41, 5.74) is 5.30. The first-order valence-electron chi connectivity index (χ1n) is 7.92. The molecule has 0 aliphatic carbocycles. The second-order valence-electron chi connectivity index (χ2n) is 5.97. The third-order valence-electron chi connectivity index (χ3n) is 4.45. The molecule has 0 aromatic heterocycles. The Balaban J connectivity index is 1.62. The number of benzene rings is 2. The molecule has 120 valence electrons. The molecule has 24 heavy (non-hydrogen) atoms. The zero-order valence-corrected chi connectivity index (χ0v) is 13.3. The van der Waals surface area contributed by atoms with Gasteiger partial charge in [-0.15, -0.1) is 0 Å². The summed E-state index contributed by atoms with van der Waals surface area (Å²) in [6.07, 6.45) is 2.60. The SMILES string of the molecule is CC(=O)N1CCc2ccc(NC=C3C(=O)Nc4ccccc43)cc21. The molecular weight excluding hydrogens is 302 g/mol. The van der Waals surface area contributed by atoms with Gasteiger partial charge < -0.3 is 15.5 Å². The maximum atomic E-state index is 12.1. The Morgan fingerprint density at radius 3 is 2.92 bits per heavy atom. The molecule has 0 saturated carbocycles. The normalized spacial score (nSPS) is 16.8. The van der Waals surface area contributed by atoms with Crippen LogP contribution in [0.4, 0.5) is 17.1 Å². The van der Waals surface area contributed by atoms with Gasteiger partial charge in [-0.3, -0.25) is 9.59 Å². The fourth-order valence-corrected chi connectivity index (χ4v) is 3.23. The minimum absolute atomic E-state index is 0.0494. The van der Waals surface area contributed by atoms with Gasteiger partial charge in [0, 0.05) is 42.3 Å². The minimum Gasteiger partial charge on any atom is -0.361 e. The van der Waals surface area contributed by atoms with E-state index in [0.29, 0.717) is 5.57 Å². The number of rotatable bonds is 2. The van der Waals surface area contributed by atoms with Crippen molar-refractivity contribution < 1.29 is 9.59 Å².